The highest BCUT2D eigenvalue weighted by molar-refractivity contribution is 5.92. The predicted molar refractivity (Wildman–Crippen MR) is 116 cm³/mol. The lowest BCUT2D eigenvalue weighted by Gasteiger charge is -2.27. The van der Waals surface area contributed by atoms with Crippen LogP contribution in [0.1, 0.15) is 37.9 Å². The maximum Gasteiger partial charge on any atom is 0.222 e. The van der Waals surface area contributed by atoms with Crippen LogP contribution in [0.25, 0.3) is 22.3 Å². The number of H-pyrrole nitrogens is 1. The number of hydrogen-bond acceptors (Lipinski definition) is 7. The van der Waals surface area contributed by atoms with E-state index in [1.165, 1.54) is 0 Å². The largest absolute Gasteiger partial charge is 0.477 e. The highest BCUT2D eigenvalue weighted by Crippen LogP contribution is 2.34. The van der Waals surface area contributed by atoms with Crippen LogP contribution >= 0.6 is 0 Å². The van der Waals surface area contributed by atoms with Gasteiger partial charge in [-0.3, -0.25) is 5.10 Å². The molecule has 9 heteroatoms. The zero-order chi connectivity index (χ0) is 22.0. The van der Waals surface area contributed by atoms with Crippen molar-refractivity contribution in [2.24, 2.45) is 0 Å². The number of nitrogens with one attached hydrogen (secondary N) is 2. The molecule has 0 bridgehead atoms. The van der Waals surface area contributed by atoms with Gasteiger partial charge >= 0.3 is 0 Å². The number of aromatic amines is 1. The molecule has 0 fully saturated rings. The molecule has 0 atom stereocenters. The fourth-order valence-electron chi connectivity index (χ4n) is 3.54. The van der Waals surface area contributed by atoms with Crippen molar-refractivity contribution < 1.29 is 13.7 Å². The number of alkyl halides is 1. The van der Waals surface area contributed by atoms with Crippen LogP contribution in [0.4, 0.5) is 10.1 Å². The third-order valence-electron chi connectivity index (χ3n) is 4.85. The van der Waals surface area contributed by atoms with Gasteiger partial charge in [0.05, 0.1) is 34.9 Å². The molecule has 0 saturated heterocycles. The van der Waals surface area contributed by atoms with Crippen LogP contribution in [0.15, 0.2) is 35.0 Å². The fourth-order valence-corrected chi connectivity index (χ4v) is 3.54. The molecule has 4 aromatic rings. The molecule has 4 heterocycles. The Kier molecular flexibility index (Phi) is 5.58. The molecule has 0 amide bonds. The molecule has 0 saturated carbocycles. The average Bonchev–Trinajstić information content (AvgIpc) is 3.34. The van der Waals surface area contributed by atoms with Gasteiger partial charge < -0.3 is 14.6 Å². The number of aryl methyl sites for hydroxylation is 1. The molecule has 162 valence electrons. The number of aromatic nitrogens is 5. The molecule has 31 heavy (non-hydrogen) atoms. The molecule has 0 radical (unpaired) electrons. The van der Waals surface area contributed by atoms with Crippen molar-refractivity contribution in [1.29, 1.82) is 0 Å². The van der Waals surface area contributed by atoms with E-state index in [0.29, 0.717) is 24.6 Å². The highest BCUT2D eigenvalue weighted by Gasteiger charge is 2.24. The number of ether oxygens (including phenoxy) is 1. The van der Waals surface area contributed by atoms with E-state index in [1.807, 2.05) is 45.9 Å². The standard InChI is InChI=1S/C22H25FN6O2/c1-5-30-21-16(7-6-8-24-21)17-10-18(20-19(25-17)13(2)27-28-20)26-22(3,4)11-14-9-15(12-23)31-29-14/h6-10H,5,11-12H2,1-4H3,(H,25,26)(H,27,28). The molecular weight excluding hydrogens is 399 g/mol. The maximum absolute atomic E-state index is 12.8. The molecule has 4 rings (SSSR count). The molecule has 0 aliphatic carbocycles. The Morgan fingerprint density at radius 1 is 1.26 bits per heavy atom. The third-order valence-corrected chi connectivity index (χ3v) is 4.85. The number of hydrogen-bond donors (Lipinski definition) is 2. The van der Waals surface area contributed by atoms with E-state index < -0.39 is 12.2 Å². The Balaban J connectivity index is 1.73. The summed E-state index contributed by atoms with van der Waals surface area (Å²) in [5.74, 6) is 0.756. The molecule has 0 aliphatic rings. The summed E-state index contributed by atoms with van der Waals surface area (Å²) in [5, 5.41) is 15.0. The summed E-state index contributed by atoms with van der Waals surface area (Å²) in [5.41, 5.74) is 4.98. The second-order valence-electron chi connectivity index (χ2n) is 7.99. The smallest absolute Gasteiger partial charge is 0.222 e. The van der Waals surface area contributed by atoms with Gasteiger partial charge in [-0.25, -0.2) is 14.4 Å². The van der Waals surface area contributed by atoms with Crippen LogP contribution in [-0.4, -0.2) is 37.5 Å². The number of fused-ring (bicyclic) bond motifs is 1. The van der Waals surface area contributed by atoms with Crippen LogP contribution in [0.3, 0.4) is 0 Å². The maximum atomic E-state index is 12.8. The van der Waals surface area contributed by atoms with Gasteiger partial charge in [0.1, 0.15) is 17.7 Å². The van der Waals surface area contributed by atoms with Crippen molar-refractivity contribution in [3.05, 3.63) is 47.6 Å². The van der Waals surface area contributed by atoms with Gasteiger partial charge in [0, 0.05) is 24.2 Å². The molecule has 0 aliphatic heterocycles. The number of pyridine rings is 2. The summed E-state index contributed by atoms with van der Waals surface area (Å²) in [7, 11) is 0. The monoisotopic (exact) mass is 424 g/mol. The predicted octanol–water partition coefficient (Wildman–Crippen LogP) is 4.62. The minimum atomic E-state index is -0.672. The molecule has 0 unspecified atom stereocenters. The van der Waals surface area contributed by atoms with E-state index in [1.54, 1.807) is 12.3 Å². The van der Waals surface area contributed by atoms with Crippen molar-refractivity contribution in [1.82, 2.24) is 25.3 Å². The molecule has 4 aromatic heterocycles. The van der Waals surface area contributed by atoms with E-state index in [2.05, 4.69) is 25.7 Å². The summed E-state index contributed by atoms with van der Waals surface area (Å²) >= 11 is 0. The van der Waals surface area contributed by atoms with Crippen molar-refractivity contribution in [2.45, 2.75) is 46.3 Å². The number of nitrogens with zero attached hydrogens (tertiary/aromatic N) is 4. The summed E-state index contributed by atoms with van der Waals surface area (Å²) in [6.45, 7) is 7.77. The van der Waals surface area contributed by atoms with Crippen LogP contribution < -0.4 is 10.1 Å². The number of anilines is 1. The topological polar surface area (TPSA) is 102 Å². The second-order valence-corrected chi connectivity index (χ2v) is 7.99. The third kappa shape index (κ3) is 4.35. The Morgan fingerprint density at radius 3 is 2.84 bits per heavy atom. The summed E-state index contributed by atoms with van der Waals surface area (Å²) < 4.78 is 23.5. The van der Waals surface area contributed by atoms with Gasteiger partial charge in [-0.1, -0.05) is 5.16 Å². The van der Waals surface area contributed by atoms with E-state index in [0.717, 1.165) is 33.7 Å². The van der Waals surface area contributed by atoms with Gasteiger partial charge in [-0.15, -0.1) is 0 Å². The van der Waals surface area contributed by atoms with Gasteiger partial charge in [-0.2, -0.15) is 5.10 Å². The van der Waals surface area contributed by atoms with Crippen molar-refractivity contribution in [3.8, 4) is 17.1 Å². The van der Waals surface area contributed by atoms with Gasteiger partial charge in [-0.05, 0) is 45.9 Å². The van der Waals surface area contributed by atoms with E-state index in [9.17, 15) is 4.39 Å². The second kappa shape index (κ2) is 8.33. The van der Waals surface area contributed by atoms with Crippen LogP contribution in [-0.2, 0) is 13.1 Å². The lowest BCUT2D eigenvalue weighted by atomic mass is 9.97. The van der Waals surface area contributed by atoms with E-state index in [-0.39, 0.29) is 5.76 Å². The summed E-state index contributed by atoms with van der Waals surface area (Å²) in [6, 6.07) is 7.37. The SMILES string of the molecule is CCOc1ncccc1-c1cc(NC(C)(C)Cc2cc(CF)on2)c2n[nH]c(C)c2n1. The highest BCUT2D eigenvalue weighted by atomic mass is 19.1. The lowest BCUT2D eigenvalue weighted by molar-refractivity contribution is 0.325. The van der Waals surface area contributed by atoms with Gasteiger partial charge in [0.25, 0.3) is 0 Å². The Labute approximate surface area is 179 Å². The average molecular weight is 424 g/mol. The first-order valence-electron chi connectivity index (χ1n) is 10.1. The van der Waals surface area contributed by atoms with Crippen molar-refractivity contribution >= 4 is 16.7 Å². The minimum absolute atomic E-state index is 0.224. The Bertz CT molecular complexity index is 1200. The summed E-state index contributed by atoms with van der Waals surface area (Å²) in [6.07, 6.45) is 2.23. The first-order chi connectivity index (χ1) is 14.9. The van der Waals surface area contributed by atoms with Crippen LogP contribution in [0, 0.1) is 6.92 Å². The van der Waals surface area contributed by atoms with E-state index >= 15 is 0 Å². The Morgan fingerprint density at radius 2 is 2.10 bits per heavy atom. The lowest BCUT2D eigenvalue weighted by Crippen LogP contribution is -2.33. The van der Waals surface area contributed by atoms with Crippen LogP contribution in [0.5, 0.6) is 5.88 Å². The first-order valence-corrected chi connectivity index (χ1v) is 10.1. The van der Waals surface area contributed by atoms with Crippen molar-refractivity contribution in [3.63, 3.8) is 0 Å². The number of rotatable bonds is 8. The quantitative estimate of drug-likeness (QED) is 0.426. The zero-order valence-corrected chi connectivity index (χ0v) is 18.0. The zero-order valence-electron chi connectivity index (χ0n) is 18.0. The van der Waals surface area contributed by atoms with Crippen LogP contribution in [0.2, 0.25) is 0 Å². The summed E-state index contributed by atoms with van der Waals surface area (Å²) in [4.78, 5) is 9.16. The normalized spacial score (nSPS) is 11.8. The molecule has 0 spiro atoms. The number of halogens is 1. The Hall–Kier alpha value is -3.49. The van der Waals surface area contributed by atoms with Crippen molar-refractivity contribution in [2.75, 3.05) is 11.9 Å². The molecular formula is C22H25FN6O2. The molecule has 8 nitrogen and oxygen atoms in total. The van der Waals surface area contributed by atoms with Gasteiger partial charge in [0.2, 0.25) is 5.88 Å². The van der Waals surface area contributed by atoms with Gasteiger partial charge in [0.15, 0.2) is 5.76 Å². The molecule has 2 N–H and O–H groups in total. The fraction of sp³-hybridized carbons (Fsp3) is 0.364. The molecule has 0 aromatic carbocycles. The first kappa shape index (κ1) is 20.8. The minimum Gasteiger partial charge on any atom is -0.477 e. The van der Waals surface area contributed by atoms with E-state index in [4.69, 9.17) is 14.2 Å².